The van der Waals surface area contributed by atoms with E-state index >= 15 is 0 Å². The molecule has 1 aromatic rings. The number of carbonyl (C=O) groups excluding carboxylic acids is 3. The van der Waals surface area contributed by atoms with Crippen LogP contribution < -0.4 is 10.6 Å². The molecule has 0 unspecified atom stereocenters. The van der Waals surface area contributed by atoms with Crippen LogP contribution in [0.25, 0.3) is 0 Å². The summed E-state index contributed by atoms with van der Waals surface area (Å²) in [5, 5.41) is 24.2. The van der Waals surface area contributed by atoms with Crippen molar-refractivity contribution in [2.45, 2.75) is 83.6 Å². The number of amides is 3. The van der Waals surface area contributed by atoms with Crippen LogP contribution in [0.3, 0.4) is 0 Å². The molecule has 1 aromatic carbocycles. The number of carboxylic acid groups (broad SMARTS) is 1. The van der Waals surface area contributed by atoms with Gasteiger partial charge in [0.15, 0.2) is 6.04 Å². The molecule has 36 heavy (non-hydrogen) atoms. The van der Waals surface area contributed by atoms with E-state index in [2.05, 4.69) is 10.6 Å². The number of benzene rings is 1. The van der Waals surface area contributed by atoms with Crippen molar-refractivity contribution in [1.29, 1.82) is 0 Å². The van der Waals surface area contributed by atoms with Crippen molar-refractivity contribution in [3.8, 4) is 0 Å². The zero-order valence-corrected chi connectivity index (χ0v) is 21.9. The van der Waals surface area contributed by atoms with Gasteiger partial charge in [0.1, 0.15) is 11.6 Å². The van der Waals surface area contributed by atoms with E-state index in [1.54, 1.807) is 39.5 Å². The first-order valence-electron chi connectivity index (χ1n) is 12.2. The van der Waals surface area contributed by atoms with Crippen molar-refractivity contribution in [3.63, 3.8) is 0 Å². The average Bonchev–Trinajstić information content (AvgIpc) is 2.79. The summed E-state index contributed by atoms with van der Waals surface area (Å²) in [7, 11) is 0. The second kappa shape index (κ2) is 11.7. The van der Waals surface area contributed by atoms with E-state index < -0.39 is 47.2 Å². The monoisotopic (exact) mass is 505 g/mol. The number of nitrogens with zero attached hydrogens (tertiary/aromatic N) is 1. The summed E-state index contributed by atoms with van der Waals surface area (Å²) in [6, 6.07) is 6.67. The van der Waals surface area contributed by atoms with E-state index in [0.29, 0.717) is 25.9 Å². The minimum absolute atomic E-state index is 0.291. The fourth-order valence-electron chi connectivity index (χ4n) is 4.25. The molecule has 1 aliphatic rings. The van der Waals surface area contributed by atoms with Gasteiger partial charge in [-0.25, -0.2) is 9.59 Å². The van der Waals surface area contributed by atoms with Gasteiger partial charge in [0.2, 0.25) is 11.8 Å². The lowest BCUT2D eigenvalue weighted by Crippen LogP contribution is -2.60. The van der Waals surface area contributed by atoms with Crippen LogP contribution in [-0.4, -0.2) is 75.9 Å². The Morgan fingerprint density at radius 3 is 1.97 bits per heavy atom. The van der Waals surface area contributed by atoms with E-state index in [9.17, 15) is 29.4 Å². The van der Waals surface area contributed by atoms with Crippen LogP contribution in [-0.2, 0) is 24.5 Å². The second-order valence-corrected chi connectivity index (χ2v) is 10.7. The molecule has 0 radical (unpaired) electrons. The molecule has 1 saturated heterocycles. The zero-order valence-electron chi connectivity index (χ0n) is 21.9. The molecule has 0 aromatic heterocycles. The third-order valence-corrected chi connectivity index (χ3v) is 6.31. The quantitative estimate of drug-likeness (QED) is 0.423. The highest BCUT2D eigenvalue weighted by atomic mass is 16.6. The molecule has 1 aliphatic heterocycles. The van der Waals surface area contributed by atoms with Crippen molar-refractivity contribution in [2.75, 3.05) is 13.1 Å². The van der Waals surface area contributed by atoms with E-state index in [-0.39, 0.29) is 11.8 Å². The van der Waals surface area contributed by atoms with Crippen LogP contribution in [0.2, 0.25) is 0 Å². The van der Waals surface area contributed by atoms with Gasteiger partial charge >= 0.3 is 12.1 Å². The van der Waals surface area contributed by atoms with Gasteiger partial charge in [-0.2, -0.15) is 0 Å². The molecule has 1 fully saturated rings. The summed E-state index contributed by atoms with van der Waals surface area (Å²) < 4.78 is 5.48. The van der Waals surface area contributed by atoms with Crippen LogP contribution in [0.5, 0.6) is 0 Å². The number of nitrogens with one attached hydrogen (secondary N) is 2. The van der Waals surface area contributed by atoms with Crippen molar-refractivity contribution < 1.29 is 34.1 Å². The first-order valence-corrected chi connectivity index (χ1v) is 12.2. The number of aliphatic hydroxyl groups is 1. The number of piperidine rings is 1. The molecule has 0 saturated carbocycles. The number of hydrogen-bond donors (Lipinski definition) is 4. The van der Waals surface area contributed by atoms with Crippen LogP contribution in [0, 0.1) is 5.92 Å². The van der Waals surface area contributed by atoms with Gasteiger partial charge in [-0.1, -0.05) is 44.2 Å². The highest BCUT2D eigenvalue weighted by molar-refractivity contribution is 5.94. The van der Waals surface area contributed by atoms with E-state index in [1.165, 1.54) is 6.92 Å². The zero-order chi connectivity index (χ0) is 27.3. The van der Waals surface area contributed by atoms with Crippen LogP contribution in [0.15, 0.2) is 30.3 Å². The Bertz CT molecular complexity index is 933. The normalized spacial score (nSPS) is 18.1. The van der Waals surface area contributed by atoms with Crippen molar-refractivity contribution >= 4 is 23.9 Å². The summed E-state index contributed by atoms with van der Waals surface area (Å²) in [4.78, 5) is 52.4. The average molecular weight is 506 g/mol. The number of carbonyl (C=O) groups is 4. The standard InChI is InChI=1S/C26H39N3O7/c1-16(2)19(21(31)27-20(17(3)30)22(32)33)28-23(34)26(18-10-8-7-9-11-18)12-14-29(15-13-26)24(35)36-25(4,5)6/h7-11,16-17,19-20,30H,12-15H2,1-6H3,(H,27,31)(H,28,34)(H,32,33)/t17-,19-,20-/m0/s1. The summed E-state index contributed by atoms with van der Waals surface area (Å²) in [5.74, 6) is -2.80. The highest BCUT2D eigenvalue weighted by Gasteiger charge is 2.45. The van der Waals surface area contributed by atoms with E-state index in [4.69, 9.17) is 4.74 Å². The lowest BCUT2D eigenvalue weighted by atomic mass is 9.71. The Kier molecular flexibility index (Phi) is 9.48. The van der Waals surface area contributed by atoms with Gasteiger partial charge in [0, 0.05) is 13.1 Å². The molecule has 4 N–H and O–H groups in total. The fourth-order valence-corrected chi connectivity index (χ4v) is 4.25. The van der Waals surface area contributed by atoms with Gasteiger partial charge in [-0.15, -0.1) is 0 Å². The van der Waals surface area contributed by atoms with Gasteiger partial charge < -0.3 is 30.5 Å². The molecule has 0 spiro atoms. The summed E-state index contributed by atoms with van der Waals surface area (Å²) >= 11 is 0. The van der Waals surface area contributed by atoms with Crippen LogP contribution in [0.4, 0.5) is 4.79 Å². The third kappa shape index (κ3) is 7.19. The first-order chi connectivity index (χ1) is 16.7. The molecule has 2 rings (SSSR count). The van der Waals surface area contributed by atoms with Gasteiger partial charge in [-0.3, -0.25) is 9.59 Å². The maximum Gasteiger partial charge on any atom is 0.410 e. The molecular formula is C26H39N3O7. The Morgan fingerprint density at radius 1 is 0.972 bits per heavy atom. The molecule has 0 aliphatic carbocycles. The van der Waals surface area contributed by atoms with Gasteiger partial charge in [-0.05, 0) is 52.0 Å². The van der Waals surface area contributed by atoms with E-state index in [1.807, 2.05) is 30.3 Å². The molecule has 10 heteroatoms. The topological polar surface area (TPSA) is 145 Å². The highest BCUT2D eigenvalue weighted by Crippen LogP contribution is 2.36. The van der Waals surface area contributed by atoms with Crippen molar-refractivity contribution in [3.05, 3.63) is 35.9 Å². The molecular weight excluding hydrogens is 466 g/mol. The molecule has 1 heterocycles. The second-order valence-electron chi connectivity index (χ2n) is 10.7. The summed E-state index contributed by atoms with van der Waals surface area (Å²) in [6.07, 6.45) is -1.12. The number of likely N-dealkylation sites (tertiary alicyclic amines) is 1. The SMILES string of the molecule is CC(C)[C@H](NC(=O)C1(c2ccccc2)CCN(C(=O)OC(C)(C)C)CC1)C(=O)N[C@H](C(=O)O)[C@H](C)O. The van der Waals surface area contributed by atoms with E-state index in [0.717, 1.165) is 5.56 Å². The summed E-state index contributed by atoms with van der Waals surface area (Å²) in [6.45, 7) is 10.7. The van der Waals surface area contributed by atoms with Crippen LogP contribution in [0.1, 0.15) is 59.9 Å². The predicted octanol–water partition coefficient (Wildman–Crippen LogP) is 2.05. The molecule has 3 amide bonds. The van der Waals surface area contributed by atoms with Gasteiger partial charge in [0.05, 0.1) is 11.5 Å². The largest absolute Gasteiger partial charge is 0.480 e. The molecule has 3 atom stereocenters. The summed E-state index contributed by atoms with van der Waals surface area (Å²) in [5.41, 5.74) is -0.870. The van der Waals surface area contributed by atoms with Crippen molar-refractivity contribution in [2.24, 2.45) is 5.92 Å². The van der Waals surface area contributed by atoms with Gasteiger partial charge in [0.25, 0.3) is 0 Å². The molecule has 10 nitrogen and oxygen atoms in total. The first kappa shape index (κ1) is 29.1. The minimum Gasteiger partial charge on any atom is -0.480 e. The lowest BCUT2D eigenvalue weighted by Gasteiger charge is -2.42. The number of hydrogen-bond acceptors (Lipinski definition) is 6. The third-order valence-electron chi connectivity index (χ3n) is 6.31. The Labute approximate surface area is 212 Å². The van der Waals surface area contributed by atoms with Crippen LogP contribution >= 0.6 is 0 Å². The Hall–Kier alpha value is -3.14. The smallest absolute Gasteiger partial charge is 0.410 e. The minimum atomic E-state index is -1.50. The number of ether oxygens (including phenoxy) is 1. The molecule has 200 valence electrons. The lowest BCUT2D eigenvalue weighted by molar-refractivity contribution is -0.145. The Morgan fingerprint density at radius 2 is 1.53 bits per heavy atom. The maximum atomic E-state index is 13.8. The number of carboxylic acids is 1. The fraction of sp³-hybridized carbons (Fsp3) is 0.615. The predicted molar refractivity (Wildman–Crippen MR) is 133 cm³/mol. The maximum absolute atomic E-state index is 13.8. The number of rotatable bonds is 8. The van der Waals surface area contributed by atoms with Crippen molar-refractivity contribution in [1.82, 2.24) is 15.5 Å². The number of aliphatic carboxylic acids is 1. The number of aliphatic hydroxyl groups excluding tert-OH is 1. The molecule has 0 bridgehead atoms. The Balaban J connectivity index is 2.28.